The Balaban J connectivity index is 2.10. The second kappa shape index (κ2) is 9.55. The number of fused-ring (bicyclic) bond motifs is 1. The van der Waals surface area contributed by atoms with Crippen molar-refractivity contribution in [2.75, 3.05) is 12.0 Å². The molecule has 0 fully saturated rings. The van der Waals surface area contributed by atoms with Gasteiger partial charge in [-0.3, -0.25) is 24.6 Å². The number of benzene rings is 1. The highest BCUT2D eigenvalue weighted by Crippen LogP contribution is 2.26. The molecule has 2 atom stereocenters. The lowest BCUT2D eigenvalue weighted by Crippen LogP contribution is -2.50. The van der Waals surface area contributed by atoms with Crippen LogP contribution in [0.1, 0.15) is 41.5 Å². The van der Waals surface area contributed by atoms with E-state index >= 15 is 0 Å². The van der Waals surface area contributed by atoms with Crippen LogP contribution >= 0.6 is 11.8 Å². The Morgan fingerprint density at radius 3 is 2.10 bits per heavy atom. The Morgan fingerprint density at radius 2 is 1.62 bits per heavy atom. The molecule has 2 rings (SSSR count). The minimum Gasteiger partial charge on any atom is -0.451 e. The quantitative estimate of drug-likeness (QED) is 0.501. The number of imide groups is 2. The number of thioether (sulfide) groups is 1. The van der Waals surface area contributed by atoms with Gasteiger partial charge in [-0.2, -0.15) is 11.8 Å². The van der Waals surface area contributed by atoms with E-state index in [1.165, 1.54) is 30.8 Å². The molecule has 0 radical (unpaired) electrons. The van der Waals surface area contributed by atoms with E-state index in [-0.39, 0.29) is 22.9 Å². The Kier molecular flexibility index (Phi) is 7.38. The summed E-state index contributed by atoms with van der Waals surface area (Å²) in [6, 6.07) is 4.20. The molecule has 1 heterocycles. The van der Waals surface area contributed by atoms with Crippen LogP contribution in [0.15, 0.2) is 24.3 Å². The highest BCUT2D eigenvalue weighted by Gasteiger charge is 2.43. The number of carbonyl (C=O) groups is 5. The predicted molar refractivity (Wildman–Crippen MR) is 106 cm³/mol. The van der Waals surface area contributed by atoms with E-state index < -0.39 is 41.9 Å². The first-order valence-corrected chi connectivity index (χ1v) is 10.3. The van der Waals surface area contributed by atoms with E-state index in [1.54, 1.807) is 32.2 Å². The van der Waals surface area contributed by atoms with Crippen LogP contribution in [-0.4, -0.2) is 64.8 Å². The number of carbonyl (C=O) groups excluding carboxylic acids is 5. The normalized spacial score (nSPS) is 15.0. The van der Waals surface area contributed by atoms with Gasteiger partial charge in [0.1, 0.15) is 6.04 Å². The van der Waals surface area contributed by atoms with Gasteiger partial charge in [-0.25, -0.2) is 9.59 Å². The minimum atomic E-state index is -1.29. The second-order valence-electron chi connectivity index (χ2n) is 6.69. The first kappa shape index (κ1) is 22.4. The van der Waals surface area contributed by atoms with Gasteiger partial charge in [0.2, 0.25) is 0 Å². The molecule has 156 valence electrons. The van der Waals surface area contributed by atoms with Crippen LogP contribution in [0.25, 0.3) is 0 Å². The van der Waals surface area contributed by atoms with Crippen molar-refractivity contribution in [3.05, 3.63) is 35.4 Å². The van der Waals surface area contributed by atoms with Gasteiger partial charge in [-0.1, -0.05) is 12.1 Å². The third-order valence-corrected chi connectivity index (χ3v) is 4.70. The lowest BCUT2D eigenvalue weighted by Gasteiger charge is -2.25. The van der Waals surface area contributed by atoms with E-state index in [0.717, 1.165) is 4.90 Å². The van der Waals surface area contributed by atoms with Crippen LogP contribution in [0.2, 0.25) is 0 Å². The Hall–Kier alpha value is -2.88. The maximum absolute atomic E-state index is 12.7. The third kappa shape index (κ3) is 5.14. The topological polar surface area (TPSA) is 122 Å². The summed E-state index contributed by atoms with van der Waals surface area (Å²) in [5.74, 6) is -2.79. The summed E-state index contributed by atoms with van der Waals surface area (Å²) in [6.07, 6.45) is 0.421. The van der Waals surface area contributed by atoms with Gasteiger partial charge in [0, 0.05) is 11.8 Å². The van der Waals surface area contributed by atoms with Crippen LogP contribution in [0, 0.1) is 0 Å². The van der Waals surface area contributed by atoms with Gasteiger partial charge in [0.05, 0.1) is 11.1 Å². The van der Waals surface area contributed by atoms with Crippen LogP contribution in [0.4, 0.5) is 4.79 Å². The summed E-state index contributed by atoms with van der Waals surface area (Å²) in [7, 11) is 0. The Bertz CT molecular complexity index is 806. The first-order valence-electron chi connectivity index (χ1n) is 8.95. The van der Waals surface area contributed by atoms with Crippen molar-refractivity contribution in [3.63, 3.8) is 0 Å². The number of rotatable bonds is 7. The summed E-state index contributed by atoms with van der Waals surface area (Å²) in [5.41, 5.74) is 0.431. The number of hydrogen-bond acceptors (Lipinski definition) is 7. The highest BCUT2D eigenvalue weighted by atomic mass is 32.2. The molecule has 0 bridgehead atoms. The van der Waals surface area contributed by atoms with Crippen LogP contribution in [-0.2, 0) is 14.3 Å². The smallest absolute Gasteiger partial charge is 0.331 e. The fourth-order valence-electron chi connectivity index (χ4n) is 2.71. The van der Waals surface area contributed by atoms with Gasteiger partial charge in [-0.05, 0) is 39.2 Å². The summed E-state index contributed by atoms with van der Waals surface area (Å²) in [4.78, 5) is 62.5. The van der Waals surface area contributed by atoms with E-state index in [9.17, 15) is 24.0 Å². The van der Waals surface area contributed by atoms with Crippen molar-refractivity contribution in [1.29, 1.82) is 0 Å². The standard InChI is InChI=1S/C19H23N3O6S/c1-10(2)20-19(27)21-15(23)11(3)28-18(26)14(9-29-4)22-16(24)12-7-5-6-8-13(12)17(22)25/h5-8,10-11,14H,9H2,1-4H3,(H2,20,21,23,27)/t11-,14-/m1/s1. The molecule has 0 saturated carbocycles. The van der Waals surface area contributed by atoms with Gasteiger partial charge >= 0.3 is 12.0 Å². The van der Waals surface area contributed by atoms with Crippen molar-refractivity contribution >= 4 is 41.5 Å². The molecule has 1 aliphatic rings. The third-order valence-electron chi connectivity index (χ3n) is 4.05. The first-order chi connectivity index (χ1) is 13.7. The van der Waals surface area contributed by atoms with E-state index in [1.807, 2.05) is 0 Å². The van der Waals surface area contributed by atoms with Crippen molar-refractivity contribution in [2.45, 2.75) is 39.0 Å². The van der Waals surface area contributed by atoms with Crippen molar-refractivity contribution < 1.29 is 28.7 Å². The molecule has 0 aromatic heterocycles. The monoisotopic (exact) mass is 421 g/mol. The zero-order valence-electron chi connectivity index (χ0n) is 16.6. The molecule has 1 aliphatic heterocycles. The van der Waals surface area contributed by atoms with Crippen molar-refractivity contribution in [2.24, 2.45) is 0 Å². The van der Waals surface area contributed by atoms with E-state index in [0.29, 0.717) is 0 Å². The number of urea groups is 1. The highest BCUT2D eigenvalue weighted by molar-refractivity contribution is 7.98. The molecule has 9 nitrogen and oxygen atoms in total. The van der Waals surface area contributed by atoms with Crippen molar-refractivity contribution in [1.82, 2.24) is 15.5 Å². The molecule has 29 heavy (non-hydrogen) atoms. The largest absolute Gasteiger partial charge is 0.451 e. The number of amides is 5. The molecule has 0 aliphatic carbocycles. The number of esters is 1. The fraction of sp³-hybridized carbons (Fsp3) is 0.421. The minimum absolute atomic E-state index is 0.104. The van der Waals surface area contributed by atoms with Gasteiger partial charge in [0.15, 0.2) is 6.10 Å². The number of nitrogens with one attached hydrogen (secondary N) is 2. The summed E-state index contributed by atoms with van der Waals surface area (Å²) >= 11 is 1.25. The summed E-state index contributed by atoms with van der Waals surface area (Å²) < 4.78 is 5.15. The maximum atomic E-state index is 12.7. The summed E-state index contributed by atoms with van der Waals surface area (Å²) in [6.45, 7) is 4.75. The van der Waals surface area contributed by atoms with Gasteiger partial charge < -0.3 is 10.1 Å². The van der Waals surface area contributed by atoms with Crippen LogP contribution in [0.5, 0.6) is 0 Å². The molecule has 0 unspecified atom stereocenters. The van der Waals surface area contributed by atoms with Gasteiger partial charge in [-0.15, -0.1) is 0 Å². The number of hydrogen-bond donors (Lipinski definition) is 2. The van der Waals surface area contributed by atoms with E-state index in [2.05, 4.69) is 10.6 Å². The molecule has 0 spiro atoms. The predicted octanol–water partition coefficient (Wildman–Crippen LogP) is 1.18. The summed E-state index contributed by atoms with van der Waals surface area (Å²) in [5, 5.41) is 4.55. The molecular formula is C19H23N3O6S. The molecule has 0 saturated heterocycles. The molecule has 2 N–H and O–H groups in total. The fourth-order valence-corrected chi connectivity index (χ4v) is 3.32. The Labute approximate surface area is 172 Å². The molecule has 10 heteroatoms. The average Bonchev–Trinajstić information content (AvgIpc) is 2.90. The second-order valence-corrected chi connectivity index (χ2v) is 7.60. The zero-order valence-corrected chi connectivity index (χ0v) is 17.4. The number of nitrogens with zero attached hydrogens (tertiary/aromatic N) is 1. The van der Waals surface area contributed by atoms with Gasteiger partial charge in [0.25, 0.3) is 17.7 Å². The zero-order chi connectivity index (χ0) is 21.7. The lowest BCUT2D eigenvalue weighted by atomic mass is 10.1. The van der Waals surface area contributed by atoms with Crippen LogP contribution in [0.3, 0.4) is 0 Å². The molecule has 1 aromatic rings. The van der Waals surface area contributed by atoms with Crippen LogP contribution < -0.4 is 10.6 Å². The Morgan fingerprint density at radius 1 is 1.07 bits per heavy atom. The molecular weight excluding hydrogens is 398 g/mol. The van der Waals surface area contributed by atoms with Crippen molar-refractivity contribution in [3.8, 4) is 0 Å². The lowest BCUT2D eigenvalue weighted by molar-refractivity contribution is -0.157. The number of ether oxygens (including phenoxy) is 1. The molecule has 5 amide bonds. The SMILES string of the molecule is CSC[C@H](C(=O)O[C@H](C)C(=O)NC(=O)NC(C)C)N1C(=O)c2ccccc2C1=O. The maximum Gasteiger partial charge on any atom is 0.331 e. The average molecular weight is 421 g/mol. The van der Waals surface area contributed by atoms with E-state index in [4.69, 9.17) is 4.74 Å². The molecule has 1 aromatic carbocycles.